The minimum atomic E-state index is -1.03. The number of benzene rings is 1. The summed E-state index contributed by atoms with van der Waals surface area (Å²) >= 11 is 0. The van der Waals surface area contributed by atoms with E-state index < -0.39 is 11.6 Å². The second-order valence-electron chi connectivity index (χ2n) is 8.94. The number of hydrogen-bond acceptors (Lipinski definition) is 6. The molecular weight excluding hydrogens is 436 g/mol. The zero-order valence-electron chi connectivity index (χ0n) is 20.1. The van der Waals surface area contributed by atoms with Gasteiger partial charge in [0, 0.05) is 31.5 Å². The molecule has 184 valence electrons. The molecule has 0 saturated carbocycles. The van der Waals surface area contributed by atoms with Gasteiger partial charge in [-0.05, 0) is 39.7 Å². The van der Waals surface area contributed by atoms with Crippen LogP contribution in [-0.4, -0.2) is 50.3 Å². The molecule has 0 aliphatic heterocycles. The molecule has 0 atom stereocenters. The Bertz CT molecular complexity index is 1160. The lowest BCUT2D eigenvalue weighted by atomic mass is 10.0. The van der Waals surface area contributed by atoms with Crippen molar-refractivity contribution in [1.29, 1.82) is 0 Å². The number of nitrogens with one attached hydrogen (secondary N) is 2. The zero-order chi connectivity index (χ0) is 24.7. The first-order chi connectivity index (χ1) is 16.2. The Labute approximate surface area is 198 Å². The van der Waals surface area contributed by atoms with E-state index in [2.05, 4.69) is 20.2 Å². The van der Waals surface area contributed by atoms with E-state index in [1.54, 1.807) is 0 Å². The standard InChI is InChI=1S/C24H34N6O4/c1-4-34-14-18-28-20-21(16-10-7-8-11-17(16)27-22(20)25)30(18)15-24(2,3)29-19(31)12-6-5-9-13-26-23(32)33/h7-8,10-11,26H,4-6,9,12-15H2,1-3H3,(H2,25,27)(H,29,31)(H,32,33). The van der Waals surface area contributed by atoms with Gasteiger partial charge in [-0.25, -0.2) is 14.8 Å². The molecule has 2 amide bonds. The molecule has 0 bridgehead atoms. The predicted octanol–water partition coefficient (Wildman–Crippen LogP) is 3.43. The lowest BCUT2D eigenvalue weighted by Crippen LogP contribution is -2.46. The molecule has 0 fully saturated rings. The van der Waals surface area contributed by atoms with Gasteiger partial charge in [-0.3, -0.25) is 4.79 Å². The van der Waals surface area contributed by atoms with E-state index in [4.69, 9.17) is 20.6 Å². The number of rotatable bonds is 12. The number of aromatic nitrogens is 3. The fourth-order valence-electron chi connectivity index (χ4n) is 4.04. The summed E-state index contributed by atoms with van der Waals surface area (Å²) in [4.78, 5) is 32.3. The summed E-state index contributed by atoms with van der Waals surface area (Å²) in [5, 5.41) is 15.0. The zero-order valence-corrected chi connectivity index (χ0v) is 20.1. The van der Waals surface area contributed by atoms with E-state index in [1.807, 2.05) is 45.0 Å². The summed E-state index contributed by atoms with van der Waals surface area (Å²) in [5.74, 6) is 1.05. The maximum Gasteiger partial charge on any atom is 0.404 e. The number of carboxylic acid groups (broad SMARTS) is 1. The number of amides is 2. The molecule has 10 heteroatoms. The van der Waals surface area contributed by atoms with Crippen molar-refractivity contribution in [1.82, 2.24) is 25.2 Å². The van der Waals surface area contributed by atoms with Crippen molar-refractivity contribution in [3.8, 4) is 0 Å². The maximum atomic E-state index is 12.6. The van der Waals surface area contributed by atoms with Gasteiger partial charge >= 0.3 is 6.09 Å². The predicted molar refractivity (Wildman–Crippen MR) is 131 cm³/mol. The first kappa shape index (κ1) is 25.2. The number of unbranched alkanes of at least 4 members (excludes halogenated alkanes) is 2. The van der Waals surface area contributed by atoms with Gasteiger partial charge in [0.05, 0.1) is 16.6 Å². The number of carbonyl (C=O) groups is 2. The van der Waals surface area contributed by atoms with E-state index in [0.717, 1.165) is 28.7 Å². The minimum absolute atomic E-state index is 0.0435. The van der Waals surface area contributed by atoms with E-state index in [0.29, 0.717) is 56.9 Å². The van der Waals surface area contributed by atoms with Crippen LogP contribution in [0.25, 0.3) is 21.9 Å². The molecule has 5 N–H and O–H groups in total. The van der Waals surface area contributed by atoms with Crippen LogP contribution in [0.2, 0.25) is 0 Å². The Morgan fingerprint density at radius 2 is 1.94 bits per heavy atom. The van der Waals surface area contributed by atoms with Gasteiger partial charge in [0.25, 0.3) is 0 Å². The van der Waals surface area contributed by atoms with Crippen molar-refractivity contribution in [2.75, 3.05) is 18.9 Å². The smallest absolute Gasteiger partial charge is 0.404 e. The van der Waals surface area contributed by atoms with E-state index >= 15 is 0 Å². The number of fused-ring (bicyclic) bond motifs is 3. The lowest BCUT2D eigenvalue weighted by molar-refractivity contribution is -0.122. The van der Waals surface area contributed by atoms with Crippen LogP contribution in [0, 0.1) is 0 Å². The topological polar surface area (TPSA) is 144 Å². The molecule has 1 aromatic carbocycles. The first-order valence-corrected chi connectivity index (χ1v) is 11.6. The Kier molecular flexibility index (Phi) is 8.27. The van der Waals surface area contributed by atoms with Crippen LogP contribution in [0.15, 0.2) is 24.3 Å². The third-order valence-electron chi connectivity index (χ3n) is 5.51. The Balaban J connectivity index is 1.78. The van der Waals surface area contributed by atoms with Gasteiger partial charge < -0.3 is 30.8 Å². The van der Waals surface area contributed by atoms with Gasteiger partial charge in [0.2, 0.25) is 5.91 Å². The Hall–Kier alpha value is -3.40. The minimum Gasteiger partial charge on any atom is -0.465 e. The summed E-state index contributed by atoms with van der Waals surface area (Å²) in [6.07, 6.45) is 1.53. The third-order valence-corrected chi connectivity index (χ3v) is 5.51. The van der Waals surface area contributed by atoms with Crippen molar-refractivity contribution >= 4 is 39.8 Å². The van der Waals surface area contributed by atoms with Crippen LogP contribution >= 0.6 is 0 Å². The van der Waals surface area contributed by atoms with Crippen molar-refractivity contribution in [2.24, 2.45) is 0 Å². The van der Waals surface area contributed by atoms with Crippen molar-refractivity contribution < 1.29 is 19.4 Å². The second-order valence-corrected chi connectivity index (χ2v) is 8.94. The van der Waals surface area contributed by atoms with Gasteiger partial charge in [0.15, 0.2) is 5.82 Å². The van der Waals surface area contributed by atoms with Gasteiger partial charge in [0.1, 0.15) is 17.9 Å². The number of imidazole rings is 1. The average Bonchev–Trinajstić information content (AvgIpc) is 3.12. The molecule has 0 saturated heterocycles. The highest BCUT2D eigenvalue weighted by atomic mass is 16.5. The highest BCUT2D eigenvalue weighted by Crippen LogP contribution is 2.30. The van der Waals surface area contributed by atoms with Gasteiger partial charge in [-0.1, -0.05) is 24.6 Å². The molecule has 0 radical (unpaired) electrons. The molecule has 0 unspecified atom stereocenters. The molecule has 3 rings (SSSR count). The van der Waals surface area contributed by atoms with Crippen LogP contribution in [-0.2, 0) is 22.7 Å². The van der Waals surface area contributed by atoms with Crippen molar-refractivity contribution in [3.63, 3.8) is 0 Å². The van der Waals surface area contributed by atoms with Crippen LogP contribution < -0.4 is 16.4 Å². The number of anilines is 1. The molecule has 3 aromatic rings. The SMILES string of the molecule is CCOCc1nc2c(N)nc3ccccc3c2n1CC(C)(C)NC(=O)CCCCCNC(=O)O. The number of nitrogen functional groups attached to an aromatic ring is 1. The van der Waals surface area contributed by atoms with E-state index in [1.165, 1.54) is 0 Å². The molecular formula is C24H34N6O4. The van der Waals surface area contributed by atoms with Gasteiger partial charge in [-0.15, -0.1) is 0 Å². The van der Waals surface area contributed by atoms with E-state index in [-0.39, 0.29) is 5.91 Å². The summed E-state index contributed by atoms with van der Waals surface area (Å²) in [5.41, 5.74) is 7.99. The van der Waals surface area contributed by atoms with Crippen molar-refractivity contribution in [3.05, 3.63) is 30.1 Å². The Morgan fingerprint density at radius 3 is 2.68 bits per heavy atom. The highest BCUT2D eigenvalue weighted by Gasteiger charge is 2.25. The van der Waals surface area contributed by atoms with Crippen molar-refractivity contribution in [2.45, 2.75) is 65.1 Å². The van der Waals surface area contributed by atoms with E-state index in [9.17, 15) is 9.59 Å². The van der Waals surface area contributed by atoms with Crippen LogP contribution in [0.1, 0.15) is 52.3 Å². The number of hydrogen-bond donors (Lipinski definition) is 4. The number of nitrogens with two attached hydrogens (primary N) is 1. The number of carbonyl (C=O) groups excluding carboxylic acids is 1. The molecule has 2 aromatic heterocycles. The molecule has 0 aliphatic rings. The third kappa shape index (κ3) is 6.34. The normalized spacial score (nSPS) is 11.7. The molecule has 10 nitrogen and oxygen atoms in total. The summed E-state index contributed by atoms with van der Waals surface area (Å²) in [6, 6.07) is 7.80. The number of nitrogens with zero attached hydrogens (tertiary/aromatic N) is 3. The van der Waals surface area contributed by atoms with Gasteiger partial charge in [-0.2, -0.15) is 0 Å². The lowest BCUT2D eigenvalue weighted by Gasteiger charge is -2.28. The Morgan fingerprint density at radius 1 is 1.18 bits per heavy atom. The van der Waals surface area contributed by atoms with Crippen LogP contribution in [0.4, 0.5) is 10.6 Å². The first-order valence-electron chi connectivity index (χ1n) is 11.6. The monoisotopic (exact) mass is 470 g/mol. The summed E-state index contributed by atoms with van der Waals surface area (Å²) in [7, 11) is 0. The average molecular weight is 471 g/mol. The quantitative estimate of drug-likeness (QED) is 0.297. The molecule has 0 aliphatic carbocycles. The fraction of sp³-hybridized carbons (Fsp3) is 0.500. The molecule has 2 heterocycles. The summed E-state index contributed by atoms with van der Waals surface area (Å²) < 4.78 is 7.74. The fourth-order valence-corrected chi connectivity index (χ4v) is 4.04. The molecule has 34 heavy (non-hydrogen) atoms. The number of para-hydroxylation sites is 1. The summed E-state index contributed by atoms with van der Waals surface area (Å²) in [6.45, 7) is 7.64. The van der Waals surface area contributed by atoms with Crippen LogP contribution in [0.3, 0.4) is 0 Å². The number of ether oxygens (including phenoxy) is 1. The number of pyridine rings is 1. The maximum absolute atomic E-state index is 12.6. The molecule has 0 spiro atoms. The van der Waals surface area contributed by atoms with Crippen LogP contribution in [0.5, 0.6) is 0 Å². The largest absolute Gasteiger partial charge is 0.465 e. The second kappa shape index (κ2) is 11.1. The highest BCUT2D eigenvalue weighted by molar-refractivity contribution is 6.06.